The molecule has 24 heavy (non-hydrogen) atoms. The van der Waals surface area contributed by atoms with Crippen molar-refractivity contribution in [1.82, 2.24) is 14.9 Å². The van der Waals surface area contributed by atoms with Gasteiger partial charge in [0.05, 0.1) is 13.2 Å². The highest BCUT2D eigenvalue weighted by molar-refractivity contribution is 5.41. The molecule has 2 aliphatic rings. The van der Waals surface area contributed by atoms with Gasteiger partial charge in [-0.3, -0.25) is 4.90 Å². The van der Waals surface area contributed by atoms with Crippen LogP contribution in [0, 0.1) is 0 Å². The molecule has 0 N–H and O–H groups in total. The van der Waals surface area contributed by atoms with Gasteiger partial charge in [0.1, 0.15) is 18.2 Å². The maximum atomic E-state index is 6.21. The zero-order valence-corrected chi connectivity index (χ0v) is 14.4. The SMILES string of the molecule is C=CCC[C@@H](CN1CCCC1)Oc1cc(N2CCOCC2)ncn1. The van der Waals surface area contributed by atoms with Crippen molar-refractivity contribution >= 4 is 5.82 Å². The van der Waals surface area contributed by atoms with E-state index in [2.05, 4.69) is 26.3 Å². The number of morpholine rings is 1. The van der Waals surface area contributed by atoms with Gasteiger partial charge >= 0.3 is 0 Å². The molecule has 2 fully saturated rings. The summed E-state index contributed by atoms with van der Waals surface area (Å²) in [4.78, 5) is 13.4. The number of anilines is 1. The quantitative estimate of drug-likeness (QED) is 0.680. The average molecular weight is 332 g/mol. The first-order valence-corrected chi connectivity index (χ1v) is 9.00. The first-order valence-electron chi connectivity index (χ1n) is 9.00. The smallest absolute Gasteiger partial charge is 0.218 e. The summed E-state index contributed by atoms with van der Waals surface area (Å²) in [5, 5.41) is 0. The molecule has 0 spiro atoms. The summed E-state index contributed by atoms with van der Waals surface area (Å²) in [6, 6.07) is 1.95. The van der Waals surface area contributed by atoms with E-state index in [4.69, 9.17) is 9.47 Å². The Morgan fingerprint density at radius 2 is 2.00 bits per heavy atom. The predicted molar refractivity (Wildman–Crippen MR) is 94.6 cm³/mol. The van der Waals surface area contributed by atoms with Crippen LogP contribution in [0.2, 0.25) is 0 Å². The number of nitrogens with zero attached hydrogens (tertiary/aromatic N) is 4. The molecule has 6 heteroatoms. The molecule has 6 nitrogen and oxygen atoms in total. The Kier molecular flexibility index (Phi) is 6.43. The van der Waals surface area contributed by atoms with Crippen LogP contribution in [0.5, 0.6) is 5.88 Å². The van der Waals surface area contributed by atoms with E-state index in [1.807, 2.05) is 12.1 Å². The van der Waals surface area contributed by atoms with Gasteiger partial charge in [0.2, 0.25) is 5.88 Å². The standard InChI is InChI=1S/C18H28N4O2/c1-2-3-6-16(14-21-7-4-5-8-21)24-18-13-17(19-15-20-18)22-9-11-23-12-10-22/h2,13,15-16H,1,3-12,14H2/t16-/m0/s1. The van der Waals surface area contributed by atoms with E-state index in [0.29, 0.717) is 5.88 Å². The van der Waals surface area contributed by atoms with Crippen LogP contribution in [0.15, 0.2) is 25.0 Å². The third-order valence-corrected chi connectivity index (χ3v) is 4.60. The van der Waals surface area contributed by atoms with Crippen molar-refractivity contribution in [2.45, 2.75) is 31.8 Å². The topological polar surface area (TPSA) is 50.7 Å². The molecule has 0 aliphatic carbocycles. The fourth-order valence-corrected chi connectivity index (χ4v) is 3.27. The highest BCUT2D eigenvalue weighted by Crippen LogP contribution is 2.20. The third-order valence-electron chi connectivity index (χ3n) is 4.60. The summed E-state index contributed by atoms with van der Waals surface area (Å²) in [7, 11) is 0. The number of aromatic nitrogens is 2. The van der Waals surface area contributed by atoms with Crippen molar-refractivity contribution in [2.75, 3.05) is 50.8 Å². The fourth-order valence-electron chi connectivity index (χ4n) is 3.27. The second-order valence-electron chi connectivity index (χ2n) is 6.43. The lowest BCUT2D eigenvalue weighted by molar-refractivity contribution is 0.122. The van der Waals surface area contributed by atoms with Crippen molar-refractivity contribution in [1.29, 1.82) is 0 Å². The number of allylic oxidation sites excluding steroid dienone is 1. The molecule has 1 aromatic rings. The summed E-state index contributed by atoms with van der Waals surface area (Å²) in [5.41, 5.74) is 0. The van der Waals surface area contributed by atoms with Gasteiger partial charge in [0.15, 0.2) is 0 Å². The molecule has 0 unspecified atom stereocenters. The normalized spacial score (nSPS) is 20.1. The molecular formula is C18H28N4O2. The molecular weight excluding hydrogens is 304 g/mol. The first kappa shape index (κ1) is 17.2. The van der Waals surface area contributed by atoms with Crippen LogP contribution in [0.4, 0.5) is 5.82 Å². The Bertz CT molecular complexity index is 513. The van der Waals surface area contributed by atoms with Gasteiger partial charge in [-0.2, -0.15) is 0 Å². The van der Waals surface area contributed by atoms with Crippen LogP contribution in [-0.4, -0.2) is 66.9 Å². The van der Waals surface area contributed by atoms with E-state index in [9.17, 15) is 0 Å². The molecule has 3 rings (SSSR count). The lowest BCUT2D eigenvalue weighted by Crippen LogP contribution is -2.37. The van der Waals surface area contributed by atoms with Crippen LogP contribution >= 0.6 is 0 Å². The highest BCUT2D eigenvalue weighted by atomic mass is 16.5. The molecule has 0 bridgehead atoms. The summed E-state index contributed by atoms with van der Waals surface area (Å²) >= 11 is 0. The summed E-state index contributed by atoms with van der Waals surface area (Å²) < 4.78 is 11.6. The van der Waals surface area contributed by atoms with E-state index in [-0.39, 0.29) is 6.10 Å². The summed E-state index contributed by atoms with van der Waals surface area (Å²) in [5.74, 6) is 1.59. The Balaban J connectivity index is 1.62. The molecule has 3 heterocycles. The second-order valence-corrected chi connectivity index (χ2v) is 6.43. The largest absolute Gasteiger partial charge is 0.473 e. The van der Waals surface area contributed by atoms with Crippen molar-refractivity contribution in [2.24, 2.45) is 0 Å². The van der Waals surface area contributed by atoms with Crippen LogP contribution in [-0.2, 0) is 4.74 Å². The van der Waals surface area contributed by atoms with Crippen molar-refractivity contribution < 1.29 is 9.47 Å². The molecule has 2 saturated heterocycles. The van der Waals surface area contributed by atoms with E-state index < -0.39 is 0 Å². The zero-order valence-electron chi connectivity index (χ0n) is 14.4. The summed E-state index contributed by atoms with van der Waals surface area (Å²) in [6.45, 7) is 10.4. The lowest BCUT2D eigenvalue weighted by atomic mass is 10.2. The Labute approximate surface area is 144 Å². The number of rotatable bonds is 8. The number of hydrogen-bond donors (Lipinski definition) is 0. The monoisotopic (exact) mass is 332 g/mol. The van der Waals surface area contributed by atoms with Gasteiger partial charge in [-0.1, -0.05) is 6.08 Å². The van der Waals surface area contributed by atoms with Crippen LogP contribution in [0.25, 0.3) is 0 Å². The van der Waals surface area contributed by atoms with Crippen molar-refractivity contribution in [3.8, 4) is 5.88 Å². The Morgan fingerprint density at radius 3 is 2.75 bits per heavy atom. The van der Waals surface area contributed by atoms with Gasteiger partial charge in [-0.05, 0) is 38.8 Å². The second kappa shape index (κ2) is 8.99. The maximum Gasteiger partial charge on any atom is 0.218 e. The minimum atomic E-state index is 0.147. The van der Waals surface area contributed by atoms with Crippen LogP contribution < -0.4 is 9.64 Å². The van der Waals surface area contributed by atoms with Crippen LogP contribution in [0.3, 0.4) is 0 Å². The Morgan fingerprint density at radius 1 is 1.21 bits per heavy atom. The number of likely N-dealkylation sites (tertiary alicyclic amines) is 1. The van der Waals surface area contributed by atoms with E-state index in [1.54, 1.807) is 6.33 Å². The molecule has 132 valence electrons. The van der Waals surface area contributed by atoms with Crippen molar-refractivity contribution in [3.63, 3.8) is 0 Å². The molecule has 0 aromatic carbocycles. The lowest BCUT2D eigenvalue weighted by Gasteiger charge is -2.28. The van der Waals surface area contributed by atoms with Gasteiger partial charge in [-0.15, -0.1) is 6.58 Å². The predicted octanol–water partition coefficient (Wildman–Crippen LogP) is 2.12. The number of hydrogen-bond acceptors (Lipinski definition) is 6. The zero-order chi connectivity index (χ0) is 16.6. The van der Waals surface area contributed by atoms with Gasteiger partial charge in [0, 0.05) is 25.7 Å². The minimum absolute atomic E-state index is 0.147. The van der Waals surface area contributed by atoms with Gasteiger partial charge in [0.25, 0.3) is 0 Å². The molecule has 0 radical (unpaired) electrons. The minimum Gasteiger partial charge on any atom is -0.473 e. The molecule has 0 amide bonds. The molecule has 2 aliphatic heterocycles. The fraction of sp³-hybridized carbons (Fsp3) is 0.667. The van der Waals surface area contributed by atoms with Crippen LogP contribution in [0.1, 0.15) is 25.7 Å². The average Bonchev–Trinajstić information content (AvgIpc) is 3.14. The van der Waals surface area contributed by atoms with Gasteiger partial charge < -0.3 is 14.4 Å². The number of ether oxygens (including phenoxy) is 2. The van der Waals surface area contributed by atoms with E-state index in [1.165, 1.54) is 25.9 Å². The first-order chi connectivity index (χ1) is 11.8. The Hall–Kier alpha value is -1.66. The highest BCUT2D eigenvalue weighted by Gasteiger charge is 2.20. The third kappa shape index (κ3) is 4.92. The summed E-state index contributed by atoms with van der Waals surface area (Å²) in [6.07, 6.45) is 8.22. The van der Waals surface area contributed by atoms with E-state index >= 15 is 0 Å². The molecule has 0 saturated carbocycles. The maximum absolute atomic E-state index is 6.21. The van der Waals surface area contributed by atoms with E-state index in [0.717, 1.165) is 51.5 Å². The van der Waals surface area contributed by atoms with Gasteiger partial charge in [-0.25, -0.2) is 9.97 Å². The molecule has 1 atom stereocenters. The van der Waals surface area contributed by atoms with Crippen molar-refractivity contribution in [3.05, 3.63) is 25.0 Å². The molecule has 1 aromatic heterocycles.